The molecule has 3 heteroatoms. The van der Waals surface area contributed by atoms with E-state index in [1.54, 1.807) is 0 Å². The minimum Gasteiger partial charge on any atom is -0.393 e. The molecule has 0 amide bonds. The molecule has 72 valence electrons. The summed E-state index contributed by atoms with van der Waals surface area (Å²) in [6, 6.07) is 0.573. The summed E-state index contributed by atoms with van der Waals surface area (Å²) in [6.45, 7) is 4.77. The van der Waals surface area contributed by atoms with E-state index in [4.69, 9.17) is 10.8 Å². The van der Waals surface area contributed by atoms with Crippen LogP contribution in [0, 0.1) is 0 Å². The van der Waals surface area contributed by atoms with Gasteiger partial charge < -0.3 is 10.8 Å². The number of hydrogen-bond donors (Lipinski definition) is 2. The van der Waals surface area contributed by atoms with Gasteiger partial charge in [-0.15, -0.1) is 0 Å². The highest BCUT2D eigenvalue weighted by Gasteiger charge is 2.22. The number of likely N-dealkylation sites (tertiary alicyclic amines) is 1. The first-order valence-electron chi connectivity index (χ1n) is 4.86. The second kappa shape index (κ2) is 4.80. The Morgan fingerprint density at radius 3 is 3.00 bits per heavy atom. The first-order chi connectivity index (χ1) is 5.74. The SMILES string of the molecule is CC(O)CCN1CCCC1CN. The van der Waals surface area contributed by atoms with Crippen LogP contribution in [0.1, 0.15) is 26.2 Å². The molecule has 1 heterocycles. The zero-order chi connectivity index (χ0) is 8.97. The molecule has 1 saturated heterocycles. The van der Waals surface area contributed by atoms with Crippen molar-refractivity contribution in [2.24, 2.45) is 5.73 Å². The first kappa shape index (κ1) is 9.96. The standard InChI is InChI=1S/C9H20N2O/c1-8(12)4-6-11-5-2-3-9(11)7-10/h8-9,12H,2-7,10H2,1H3. The van der Waals surface area contributed by atoms with Crippen LogP contribution in [-0.2, 0) is 0 Å². The summed E-state index contributed by atoms with van der Waals surface area (Å²) in [5.74, 6) is 0. The summed E-state index contributed by atoms with van der Waals surface area (Å²) < 4.78 is 0. The van der Waals surface area contributed by atoms with E-state index < -0.39 is 0 Å². The lowest BCUT2D eigenvalue weighted by Gasteiger charge is -2.23. The molecule has 0 aromatic heterocycles. The van der Waals surface area contributed by atoms with E-state index in [-0.39, 0.29) is 6.10 Å². The molecule has 0 spiro atoms. The molecular formula is C9H20N2O. The van der Waals surface area contributed by atoms with Crippen molar-refractivity contribution in [1.29, 1.82) is 0 Å². The van der Waals surface area contributed by atoms with Crippen LogP contribution in [0.4, 0.5) is 0 Å². The number of aliphatic hydroxyl groups excluding tert-OH is 1. The fourth-order valence-electron chi connectivity index (χ4n) is 1.81. The second-order valence-electron chi connectivity index (χ2n) is 3.71. The summed E-state index contributed by atoms with van der Waals surface area (Å²) in [4.78, 5) is 2.40. The van der Waals surface area contributed by atoms with Gasteiger partial charge in [0.15, 0.2) is 0 Å². The molecule has 3 N–H and O–H groups in total. The van der Waals surface area contributed by atoms with Crippen LogP contribution in [0.15, 0.2) is 0 Å². The molecule has 0 bridgehead atoms. The van der Waals surface area contributed by atoms with E-state index in [0.29, 0.717) is 6.04 Å². The van der Waals surface area contributed by atoms with Gasteiger partial charge in [0.05, 0.1) is 6.10 Å². The molecular weight excluding hydrogens is 152 g/mol. The highest BCUT2D eigenvalue weighted by molar-refractivity contribution is 4.79. The van der Waals surface area contributed by atoms with Crippen molar-refractivity contribution in [2.45, 2.75) is 38.3 Å². The maximum Gasteiger partial charge on any atom is 0.0524 e. The summed E-state index contributed by atoms with van der Waals surface area (Å²) in [5, 5.41) is 9.11. The van der Waals surface area contributed by atoms with Gasteiger partial charge in [0.2, 0.25) is 0 Å². The number of aliphatic hydroxyl groups is 1. The summed E-state index contributed by atoms with van der Waals surface area (Å²) in [7, 11) is 0. The number of nitrogens with two attached hydrogens (primary N) is 1. The predicted molar refractivity (Wildman–Crippen MR) is 49.9 cm³/mol. The van der Waals surface area contributed by atoms with E-state index in [2.05, 4.69) is 4.90 Å². The van der Waals surface area contributed by atoms with E-state index >= 15 is 0 Å². The Kier molecular flexibility index (Phi) is 3.98. The molecule has 1 fully saturated rings. The zero-order valence-electron chi connectivity index (χ0n) is 7.87. The second-order valence-corrected chi connectivity index (χ2v) is 3.71. The normalized spacial score (nSPS) is 27.8. The van der Waals surface area contributed by atoms with Gasteiger partial charge in [0.25, 0.3) is 0 Å². The van der Waals surface area contributed by atoms with Crippen LogP contribution in [0.25, 0.3) is 0 Å². The zero-order valence-corrected chi connectivity index (χ0v) is 7.87. The third-order valence-corrected chi connectivity index (χ3v) is 2.61. The molecule has 0 aromatic rings. The fourth-order valence-corrected chi connectivity index (χ4v) is 1.81. The van der Waals surface area contributed by atoms with Gasteiger partial charge in [-0.3, -0.25) is 4.90 Å². The van der Waals surface area contributed by atoms with Gasteiger partial charge in [-0.2, -0.15) is 0 Å². The monoisotopic (exact) mass is 172 g/mol. The number of nitrogens with zero attached hydrogens (tertiary/aromatic N) is 1. The van der Waals surface area contributed by atoms with Gasteiger partial charge >= 0.3 is 0 Å². The first-order valence-corrected chi connectivity index (χ1v) is 4.86. The van der Waals surface area contributed by atoms with Crippen LogP contribution < -0.4 is 5.73 Å². The quantitative estimate of drug-likeness (QED) is 0.636. The van der Waals surface area contributed by atoms with E-state index in [1.165, 1.54) is 12.8 Å². The minimum atomic E-state index is -0.177. The molecule has 1 aliphatic heterocycles. The Morgan fingerprint density at radius 1 is 1.67 bits per heavy atom. The van der Waals surface area contributed by atoms with Crippen molar-refractivity contribution in [2.75, 3.05) is 19.6 Å². The maximum atomic E-state index is 9.11. The summed E-state index contributed by atoms with van der Waals surface area (Å²) in [6.07, 6.45) is 3.19. The highest BCUT2D eigenvalue weighted by atomic mass is 16.3. The van der Waals surface area contributed by atoms with Crippen molar-refractivity contribution < 1.29 is 5.11 Å². The maximum absolute atomic E-state index is 9.11. The Hall–Kier alpha value is -0.120. The van der Waals surface area contributed by atoms with Crippen molar-refractivity contribution in [3.8, 4) is 0 Å². The average molecular weight is 172 g/mol. The van der Waals surface area contributed by atoms with Gasteiger partial charge in [-0.1, -0.05) is 0 Å². The Morgan fingerprint density at radius 2 is 2.42 bits per heavy atom. The molecule has 0 aliphatic carbocycles. The van der Waals surface area contributed by atoms with Gasteiger partial charge in [-0.25, -0.2) is 0 Å². The largest absolute Gasteiger partial charge is 0.393 e. The van der Waals surface area contributed by atoms with Crippen LogP contribution >= 0.6 is 0 Å². The summed E-state index contributed by atoms with van der Waals surface area (Å²) >= 11 is 0. The molecule has 3 nitrogen and oxygen atoms in total. The lowest BCUT2D eigenvalue weighted by molar-refractivity contribution is 0.152. The minimum absolute atomic E-state index is 0.177. The average Bonchev–Trinajstić information content (AvgIpc) is 2.47. The number of hydrogen-bond acceptors (Lipinski definition) is 3. The van der Waals surface area contributed by atoms with Crippen molar-refractivity contribution in [3.05, 3.63) is 0 Å². The Bertz CT molecular complexity index is 128. The molecule has 2 unspecified atom stereocenters. The van der Waals surface area contributed by atoms with E-state index in [1.807, 2.05) is 6.92 Å². The molecule has 0 aromatic carbocycles. The summed E-state index contributed by atoms with van der Waals surface area (Å²) in [5.41, 5.74) is 5.63. The molecule has 1 aliphatic rings. The van der Waals surface area contributed by atoms with Crippen LogP contribution in [-0.4, -0.2) is 41.8 Å². The Balaban J connectivity index is 2.21. The van der Waals surface area contributed by atoms with Gasteiger partial charge in [-0.05, 0) is 32.7 Å². The van der Waals surface area contributed by atoms with Crippen LogP contribution in [0.5, 0.6) is 0 Å². The van der Waals surface area contributed by atoms with Crippen molar-refractivity contribution in [3.63, 3.8) is 0 Å². The smallest absolute Gasteiger partial charge is 0.0524 e. The fraction of sp³-hybridized carbons (Fsp3) is 1.00. The van der Waals surface area contributed by atoms with E-state index in [0.717, 1.165) is 26.1 Å². The lowest BCUT2D eigenvalue weighted by atomic mass is 10.2. The molecule has 0 radical (unpaired) electrons. The number of rotatable bonds is 4. The lowest BCUT2D eigenvalue weighted by Crippen LogP contribution is -2.36. The van der Waals surface area contributed by atoms with Crippen LogP contribution in [0.2, 0.25) is 0 Å². The predicted octanol–water partition coefficient (Wildman–Crippen LogP) is 0.180. The van der Waals surface area contributed by atoms with Crippen LogP contribution in [0.3, 0.4) is 0 Å². The third-order valence-electron chi connectivity index (χ3n) is 2.61. The van der Waals surface area contributed by atoms with Gasteiger partial charge in [0, 0.05) is 19.1 Å². The van der Waals surface area contributed by atoms with Crippen molar-refractivity contribution >= 4 is 0 Å². The van der Waals surface area contributed by atoms with Gasteiger partial charge in [0.1, 0.15) is 0 Å². The molecule has 2 atom stereocenters. The third kappa shape index (κ3) is 2.73. The molecule has 0 saturated carbocycles. The molecule has 12 heavy (non-hydrogen) atoms. The van der Waals surface area contributed by atoms with Crippen molar-refractivity contribution in [1.82, 2.24) is 4.90 Å². The van der Waals surface area contributed by atoms with E-state index in [9.17, 15) is 0 Å². The Labute approximate surface area is 74.5 Å². The molecule has 1 rings (SSSR count). The highest BCUT2D eigenvalue weighted by Crippen LogP contribution is 2.16. The topological polar surface area (TPSA) is 49.5 Å².